The van der Waals surface area contributed by atoms with Gasteiger partial charge in [-0.1, -0.05) is 13.8 Å². The number of nitrogens with zero attached hydrogens (tertiary/aromatic N) is 1. The average molecular weight is 253 g/mol. The van der Waals surface area contributed by atoms with Crippen molar-refractivity contribution in [3.63, 3.8) is 0 Å². The third-order valence-corrected chi connectivity index (χ3v) is 4.94. The zero-order valence-corrected chi connectivity index (χ0v) is 10.7. The molecule has 2 aliphatic carbocycles. The van der Waals surface area contributed by atoms with Gasteiger partial charge in [0, 0.05) is 0 Å². The van der Waals surface area contributed by atoms with Gasteiger partial charge in [0.1, 0.15) is 5.60 Å². The van der Waals surface area contributed by atoms with Crippen LogP contribution in [0.5, 0.6) is 0 Å². The van der Waals surface area contributed by atoms with Crippen molar-refractivity contribution in [3.8, 4) is 0 Å². The molecule has 0 aromatic carbocycles. The molecule has 2 N–H and O–H groups in total. The number of hydrogen-bond donors (Lipinski definition) is 2. The van der Waals surface area contributed by atoms with E-state index in [1.54, 1.807) is 4.90 Å². The van der Waals surface area contributed by atoms with Crippen molar-refractivity contribution >= 4 is 11.9 Å². The number of aliphatic hydroxyl groups is 1. The number of carboxylic acid groups (broad SMARTS) is 1. The molecular weight excluding hydrogens is 234 g/mol. The van der Waals surface area contributed by atoms with E-state index in [2.05, 4.69) is 0 Å². The maximum Gasteiger partial charge on any atom is 0.307 e. The molecule has 0 spiro atoms. The first-order chi connectivity index (χ1) is 8.27. The van der Waals surface area contributed by atoms with Crippen LogP contribution in [0.2, 0.25) is 0 Å². The van der Waals surface area contributed by atoms with Crippen LogP contribution in [0.1, 0.15) is 26.7 Å². The summed E-state index contributed by atoms with van der Waals surface area (Å²) in [4.78, 5) is 24.9. The van der Waals surface area contributed by atoms with Crippen LogP contribution in [-0.2, 0) is 9.59 Å². The van der Waals surface area contributed by atoms with Crippen molar-refractivity contribution in [2.75, 3.05) is 13.1 Å². The van der Waals surface area contributed by atoms with Crippen molar-refractivity contribution in [1.29, 1.82) is 0 Å². The van der Waals surface area contributed by atoms with Gasteiger partial charge in [0.25, 0.3) is 0 Å². The van der Waals surface area contributed by atoms with E-state index < -0.39 is 28.8 Å². The van der Waals surface area contributed by atoms with Gasteiger partial charge in [-0.25, -0.2) is 0 Å². The topological polar surface area (TPSA) is 77.8 Å². The molecule has 0 aromatic heterocycles. The number of β-amino-alcohol motifs (C(OH)–C–C–N with tert-alkyl or cyclic N) is 1. The third kappa shape index (κ3) is 1.49. The number of likely N-dealkylation sites (tertiary alicyclic amines) is 1. The molecule has 100 valence electrons. The lowest BCUT2D eigenvalue weighted by molar-refractivity contribution is -0.162. The highest BCUT2D eigenvalue weighted by atomic mass is 16.4. The van der Waals surface area contributed by atoms with Gasteiger partial charge >= 0.3 is 5.97 Å². The maximum absolute atomic E-state index is 12.2. The molecule has 18 heavy (non-hydrogen) atoms. The van der Waals surface area contributed by atoms with E-state index in [1.807, 2.05) is 13.8 Å². The summed E-state index contributed by atoms with van der Waals surface area (Å²) in [5.74, 6) is -1.63. The molecule has 3 aliphatic rings. The van der Waals surface area contributed by atoms with E-state index in [0.717, 1.165) is 12.8 Å². The molecule has 1 heterocycles. The fourth-order valence-electron chi connectivity index (χ4n) is 3.41. The number of aliphatic carboxylic acids is 1. The third-order valence-electron chi connectivity index (χ3n) is 4.94. The number of carbonyl (C=O) groups is 2. The molecule has 1 amide bonds. The maximum atomic E-state index is 12.2. The molecule has 1 aliphatic heterocycles. The van der Waals surface area contributed by atoms with Gasteiger partial charge < -0.3 is 15.1 Å². The Balaban J connectivity index is 1.62. The molecular formula is C13H19NO4. The minimum atomic E-state index is -0.892. The molecule has 0 radical (unpaired) electrons. The van der Waals surface area contributed by atoms with E-state index in [0.29, 0.717) is 19.0 Å². The van der Waals surface area contributed by atoms with Crippen molar-refractivity contribution in [1.82, 2.24) is 4.90 Å². The Morgan fingerprint density at radius 2 is 1.72 bits per heavy atom. The molecule has 3 fully saturated rings. The van der Waals surface area contributed by atoms with Crippen LogP contribution >= 0.6 is 0 Å². The fourth-order valence-corrected chi connectivity index (χ4v) is 3.41. The highest BCUT2D eigenvalue weighted by Gasteiger charge is 2.68. The number of hydrogen-bond acceptors (Lipinski definition) is 3. The Hall–Kier alpha value is -1.10. The van der Waals surface area contributed by atoms with E-state index in [4.69, 9.17) is 5.11 Å². The monoisotopic (exact) mass is 253 g/mol. The second kappa shape index (κ2) is 3.26. The Morgan fingerprint density at radius 3 is 2.11 bits per heavy atom. The second-order valence-corrected chi connectivity index (χ2v) is 6.69. The summed E-state index contributed by atoms with van der Waals surface area (Å²) < 4.78 is 0. The summed E-state index contributed by atoms with van der Waals surface area (Å²) in [5.41, 5.74) is -1.14. The first kappa shape index (κ1) is 12.0. The standard InChI is InChI=1S/C13H19NO4/c1-12(2)8(9(12)11(16)17)10(15)14-5-13(18,6-14)7-3-4-7/h7-9,18H,3-6H2,1-2H3,(H,16,17)/t8-,9+/m1/s1. The summed E-state index contributed by atoms with van der Waals surface area (Å²) in [7, 11) is 0. The summed E-state index contributed by atoms with van der Waals surface area (Å²) in [6.45, 7) is 4.41. The molecule has 5 nitrogen and oxygen atoms in total. The summed E-state index contributed by atoms with van der Waals surface area (Å²) in [5, 5.41) is 19.2. The van der Waals surface area contributed by atoms with Crippen LogP contribution in [0.4, 0.5) is 0 Å². The minimum Gasteiger partial charge on any atom is -0.481 e. The average Bonchev–Trinajstić information content (AvgIpc) is 3.06. The van der Waals surface area contributed by atoms with Crippen LogP contribution in [0, 0.1) is 23.2 Å². The van der Waals surface area contributed by atoms with E-state index in [1.165, 1.54) is 0 Å². The second-order valence-electron chi connectivity index (χ2n) is 6.69. The molecule has 0 aromatic rings. The Labute approximate surface area is 106 Å². The zero-order valence-electron chi connectivity index (χ0n) is 10.7. The first-order valence-corrected chi connectivity index (χ1v) is 6.51. The van der Waals surface area contributed by atoms with E-state index in [9.17, 15) is 14.7 Å². The van der Waals surface area contributed by atoms with Crippen molar-refractivity contribution in [2.24, 2.45) is 23.2 Å². The van der Waals surface area contributed by atoms with Crippen LogP contribution in [0.25, 0.3) is 0 Å². The lowest BCUT2D eigenvalue weighted by Crippen LogP contribution is -2.65. The van der Waals surface area contributed by atoms with Gasteiger partial charge in [0.05, 0.1) is 24.9 Å². The Bertz CT molecular complexity index is 421. The van der Waals surface area contributed by atoms with E-state index >= 15 is 0 Å². The van der Waals surface area contributed by atoms with Crippen molar-refractivity contribution < 1.29 is 19.8 Å². The lowest BCUT2D eigenvalue weighted by atomic mass is 9.88. The van der Waals surface area contributed by atoms with Gasteiger partial charge in [0.2, 0.25) is 5.91 Å². The quantitative estimate of drug-likeness (QED) is 0.759. The normalized spacial score (nSPS) is 35.8. The summed E-state index contributed by atoms with van der Waals surface area (Å²) in [6, 6.07) is 0. The van der Waals surface area contributed by atoms with Gasteiger partial charge in [-0.05, 0) is 24.2 Å². The molecule has 0 bridgehead atoms. The van der Waals surface area contributed by atoms with Crippen molar-refractivity contribution in [3.05, 3.63) is 0 Å². The first-order valence-electron chi connectivity index (χ1n) is 6.51. The number of carbonyl (C=O) groups excluding carboxylic acids is 1. The Morgan fingerprint density at radius 1 is 1.17 bits per heavy atom. The molecule has 3 rings (SSSR count). The predicted octanol–water partition coefficient (Wildman–Crippen LogP) is 0.326. The SMILES string of the molecule is CC1(C)[C@H](C(=O)O)[C@@H]1C(=O)N1CC(O)(C2CC2)C1. The minimum absolute atomic E-state index is 0.0993. The van der Waals surface area contributed by atoms with Gasteiger partial charge in [-0.2, -0.15) is 0 Å². The smallest absolute Gasteiger partial charge is 0.307 e. The highest BCUT2D eigenvalue weighted by molar-refractivity contribution is 5.92. The molecule has 2 saturated carbocycles. The molecule has 0 unspecified atom stereocenters. The van der Waals surface area contributed by atoms with Crippen molar-refractivity contribution in [2.45, 2.75) is 32.3 Å². The largest absolute Gasteiger partial charge is 0.481 e. The predicted molar refractivity (Wildman–Crippen MR) is 62.7 cm³/mol. The summed E-state index contributed by atoms with van der Waals surface area (Å²) >= 11 is 0. The number of carboxylic acids is 1. The van der Waals surface area contributed by atoms with Crippen LogP contribution < -0.4 is 0 Å². The lowest BCUT2D eigenvalue weighted by Gasteiger charge is -2.47. The van der Waals surface area contributed by atoms with Crippen LogP contribution in [0.3, 0.4) is 0 Å². The Kier molecular flexibility index (Phi) is 2.17. The fraction of sp³-hybridized carbons (Fsp3) is 0.846. The van der Waals surface area contributed by atoms with Gasteiger partial charge in [-0.3, -0.25) is 9.59 Å². The van der Waals surface area contributed by atoms with Gasteiger partial charge in [0.15, 0.2) is 0 Å². The number of rotatable bonds is 3. The molecule has 5 heteroatoms. The number of amides is 1. The van der Waals surface area contributed by atoms with E-state index in [-0.39, 0.29) is 5.91 Å². The van der Waals surface area contributed by atoms with Crippen LogP contribution in [-0.4, -0.2) is 45.7 Å². The van der Waals surface area contributed by atoms with Gasteiger partial charge in [-0.15, -0.1) is 0 Å². The molecule has 1 saturated heterocycles. The highest BCUT2D eigenvalue weighted by Crippen LogP contribution is 2.59. The zero-order chi connectivity index (χ0) is 13.3. The van der Waals surface area contributed by atoms with Crippen LogP contribution in [0.15, 0.2) is 0 Å². The summed E-state index contributed by atoms with van der Waals surface area (Å²) in [6.07, 6.45) is 2.09. The molecule has 2 atom stereocenters.